The first-order valence-corrected chi connectivity index (χ1v) is 21.4. The highest BCUT2D eigenvalue weighted by Gasteiger charge is 2.61. The summed E-state index contributed by atoms with van der Waals surface area (Å²) in [5.41, 5.74) is 5.87. The van der Waals surface area contributed by atoms with Crippen molar-refractivity contribution >= 4 is 41.9 Å². The first-order chi connectivity index (χ1) is 15.1. The summed E-state index contributed by atoms with van der Waals surface area (Å²) in [4.78, 5) is 12.9. The molecule has 0 radical (unpaired) electrons. The number of hydrogen-bond acceptors (Lipinski definition) is 8. The zero-order valence-corrected chi connectivity index (χ0v) is 24.2. The SMILES string of the molecule is C#C[C@@]1(O[Si](C)(C)C)C(O[Si](C)(C)C)[C@@H](CO[Si](C)(C)C)O[C@H]1n1cnc2c(N)ncnc21. The third-order valence-corrected chi connectivity index (χ3v) is 7.88. The van der Waals surface area contributed by atoms with Crippen LogP contribution in [0.4, 0.5) is 5.82 Å². The fraction of sp³-hybridized carbons (Fsp3) is 0.667. The van der Waals surface area contributed by atoms with Crippen LogP contribution in [0.2, 0.25) is 58.9 Å². The summed E-state index contributed by atoms with van der Waals surface area (Å²) in [5, 5.41) is 0. The predicted octanol–water partition coefficient (Wildman–Crippen LogP) is 3.60. The van der Waals surface area contributed by atoms with Crippen molar-refractivity contribution in [2.75, 3.05) is 12.3 Å². The van der Waals surface area contributed by atoms with Crippen LogP contribution in [0.15, 0.2) is 12.7 Å². The molecule has 0 spiro atoms. The Hall–Kier alpha value is -1.60. The third kappa shape index (κ3) is 5.73. The number of nitrogen functional groups attached to an aromatic ring is 1. The van der Waals surface area contributed by atoms with Crippen molar-refractivity contribution in [2.45, 2.75) is 83.0 Å². The van der Waals surface area contributed by atoms with Gasteiger partial charge in [0, 0.05) is 0 Å². The maximum Gasteiger partial charge on any atom is 0.191 e. The van der Waals surface area contributed by atoms with E-state index in [2.05, 4.69) is 79.8 Å². The van der Waals surface area contributed by atoms with Crippen LogP contribution in [0.1, 0.15) is 6.23 Å². The van der Waals surface area contributed by atoms with Crippen LogP contribution >= 0.6 is 0 Å². The Labute approximate surface area is 199 Å². The molecule has 33 heavy (non-hydrogen) atoms. The number of nitrogens with zero attached hydrogens (tertiary/aromatic N) is 4. The molecule has 4 atom stereocenters. The minimum absolute atomic E-state index is 0.294. The standard InChI is InChI=1S/C21H37N5O4Si3/c1-11-21(30-33(8,9)10)17(29-32(5,6)7)15(12-27-31(2,3)4)28-20(21)26-14-25-16-18(22)23-13-24-19(16)26/h1,13-15,17,20H,12H2,2-10H3,(H2,22,23,24)/t15-,17?,20-,21-/m1/s1. The Morgan fingerprint density at radius 2 is 1.73 bits per heavy atom. The molecular weight excluding hydrogens is 471 g/mol. The average molecular weight is 508 g/mol. The van der Waals surface area contributed by atoms with Gasteiger partial charge in [-0.2, -0.15) is 0 Å². The zero-order chi connectivity index (χ0) is 24.8. The van der Waals surface area contributed by atoms with Gasteiger partial charge in [0.25, 0.3) is 0 Å². The van der Waals surface area contributed by atoms with Gasteiger partial charge in [-0.1, -0.05) is 5.92 Å². The number of aromatic nitrogens is 4. The molecule has 182 valence electrons. The summed E-state index contributed by atoms with van der Waals surface area (Å²) in [6.45, 7) is 19.5. The highest BCUT2D eigenvalue weighted by Crippen LogP contribution is 2.46. The van der Waals surface area contributed by atoms with E-state index in [0.29, 0.717) is 23.6 Å². The molecule has 2 aromatic heterocycles. The van der Waals surface area contributed by atoms with Gasteiger partial charge in [0.05, 0.1) is 12.9 Å². The molecule has 0 aromatic carbocycles. The van der Waals surface area contributed by atoms with Gasteiger partial charge < -0.3 is 23.7 Å². The molecular formula is C21H37N5O4Si3. The summed E-state index contributed by atoms with van der Waals surface area (Å²) in [5.74, 6) is 3.26. The molecule has 2 N–H and O–H groups in total. The molecule has 0 amide bonds. The fourth-order valence-corrected chi connectivity index (χ4v) is 6.91. The van der Waals surface area contributed by atoms with E-state index in [1.165, 1.54) is 6.33 Å². The lowest BCUT2D eigenvalue weighted by Crippen LogP contribution is -2.57. The minimum Gasteiger partial charge on any atom is -0.415 e. The van der Waals surface area contributed by atoms with Crippen LogP contribution in [-0.2, 0) is 18.0 Å². The molecule has 2 aromatic rings. The van der Waals surface area contributed by atoms with Crippen molar-refractivity contribution in [3.63, 3.8) is 0 Å². The van der Waals surface area contributed by atoms with E-state index in [-0.39, 0.29) is 0 Å². The molecule has 0 bridgehead atoms. The number of anilines is 1. The molecule has 1 fully saturated rings. The van der Waals surface area contributed by atoms with Gasteiger partial charge in [-0.3, -0.25) is 4.57 Å². The van der Waals surface area contributed by atoms with Crippen LogP contribution in [0.5, 0.6) is 0 Å². The average Bonchev–Trinajstić information content (AvgIpc) is 3.18. The molecule has 1 unspecified atom stereocenters. The van der Waals surface area contributed by atoms with Crippen molar-refractivity contribution in [3.8, 4) is 12.3 Å². The van der Waals surface area contributed by atoms with Crippen LogP contribution in [0.3, 0.4) is 0 Å². The van der Waals surface area contributed by atoms with Crippen LogP contribution < -0.4 is 5.73 Å². The summed E-state index contributed by atoms with van der Waals surface area (Å²) in [6.07, 6.45) is 7.67. The summed E-state index contributed by atoms with van der Waals surface area (Å²) in [7, 11) is -6.04. The first kappa shape index (κ1) is 26.0. The van der Waals surface area contributed by atoms with Crippen LogP contribution in [0.25, 0.3) is 11.2 Å². The molecule has 0 saturated carbocycles. The Morgan fingerprint density at radius 1 is 1.06 bits per heavy atom. The van der Waals surface area contributed by atoms with Gasteiger partial charge in [-0.05, 0) is 58.9 Å². The number of hydrogen-bond donors (Lipinski definition) is 1. The number of fused-ring (bicyclic) bond motifs is 1. The minimum atomic E-state index is -2.16. The largest absolute Gasteiger partial charge is 0.415 e. The highest BCUT2D eigenvalue weighted by molar-refractivity contribution is 6.70. The number of rotatable bonds is 8. The Morgan fingerprint density at radius 3 is 2.27 bits per heavy atom. The molecule has 1 saturated heterocycles. The third-order valence-electron chi connectivity index (χ3n) is 4.93. The summed E-state index contributed by atoms with van der Waals surface area (Å²) >= 11 is 0. The van der Waals surface area contributed by atoms with E-state index in [4.69, 9.17) is 30.2 Å². The highest BCUT2D eigenvalue weighted by atomic mass is 28.4. The van der Waals surface area contributed by atoms with E-state index in [1.807, 2.05) is 0 Å². The van der Waals surface area contributed by atoms with Crippen molar-refractivity contribution in [1.29, 1.82) is 0 Å². The Balaban J connectivity index is 2.18. The van der Waals surface area contributed by atoms with Crippen molar-refractivity contribution in [3.05, 3.63) is 12.7 Å². The monoisotopic (exact) mass is 507 g/mol. The zero-order valence-electron chi connectivity index (χ0n) is 21.2. The topological polar surface area (TPSA) is 107 Å². The number of ether oxygens (including phenoxy) is 1. The van der Waals surface area contributed by atoms with E-state index in [1.54, 1.807) is 10.9 Å². The molecule has 12 heteroatoms. The van der Waals surface area contributed by atoms with Crippen molar-refractivity contribution < 1.29 is 18.0 Å². The van der Waals surface area contributed by atoms with E-state index in [9.17, 15) is 0 Å². The van der Waals surface area contributed by atoms with E-state index >= 15 is 0 Å². The maximum absolute atomic E-state index is 6.78. The normalized spacial score (nSPS) is 26.6. The van der Waals surface area contributed by atoms with E-state index < -0.39 is 49.0 Å². The first-order valence-electron chi connectivity index (χ1n) is 11.1. The molecule has 3 heterocycles. The lowest BCUT2D eigenvalue weighted by molar-refractivity contribution is -0.0628. The smallest absolute Gasteiger partial charge is 0.191 e. The van der Waals surface area contributed by atoms with Crippen LogP contribution in [0, 0.1) is 12.3 Å². The van der Waals surface area contributed by atoms with Gasteiger partial charge in [-0.15, -0.1) is 6.42 Å². The van der Waals surface area contributed by atoms with Gasteiger partial charge in [0.2, 0.25) is 0 Å². The summed E-state index contributed by atoms with van der Waals surface area (Å²) < 4.78 is 28.2. The predicted molar refractivity (Wildman–Crippen MR) is 137 cm³/mol. The fourth-order valence-electron chi connectivity index (χ4n) is 3.87. The lowest BCUT2D eigenvalue weighted by atomic mass is 9.95. The van der Waals surface area contributed by atoms with Gasteiger partial charge >= 0.3 is 0 Å². The molecule has 1 aliphatic heterocycles. The number of nitrogens with two attached hydrogens (primary N) is 1. The summed E-state index contributed by atoms with van der Waals surface area (Å²) in [6, 6.07) is 0. The van der Waals surface area contributed by atoms with Crippen molar-refractivity contribution in [2.24, 2.45) is 0 Å². The maximum atomic E-state index is 6.78. The number of imidazole rings is 1. The molecule has 0 aliphatic carbocycles. The van der Waals surface area contributed by atoms with Crippen molar-refractivity contribution in [1.82, 2.24) is 19.5 Å². The Kier molecular flexibility index (Phi) is 7.00. The molecule has 9 nitrogen and oxygen atoms in total. The second-order valence-electron chi connectivity index (χ2n) is 11.3. The lowest BCUT2D eigenvalue weighted by Gasteiger charge is -2.41. The quantitative estimate of drug-likeness (QED) is 0.427. The van der Waals surface area contributed by atoms with Gasteiger partial charge in [0.15, 0.2) is 48.2 Å². The Bertz CT molecular complexity index is 1040. The second kappa shape index (κ2) is 8.88. The van der Waals surface area contributed by atoms with Crippen LogP contribution in [-0.4, -0.2) is 68.9 Å². The van der Waals surface area contributed by atoms with E-state index in [0.717, 1.165) is 0 Å². The van der Waals surface area contributed by atoms with Gasteiger partial charge in [-0.25, -0.2) is 15.0 Å². The molecule has 3 rings (SSSR count). The van der Waals surface area contributed by atoms with Gasteiger partial charge in [0.1, 0.15) is 24.1 Å². The molecule has 1 aliphatic rings. The number of terminal acetylenes is 1. The second-order valence-corrected chi connectivity index (χ2v) is 24.7.